The molecule has 3 rings (SSSR count). The summed E-state index contributed by atoms with van der Waals surface area (Å²) in [6.07, 6.45) is 4.39. The van der Waals surface area contributed by atoms with E-state index in [1.807, 2.05) is 0 Å². The van der Waals surface area contributed by atoms with Gasteiger partial charge in [0, 0.05) is 37.1 Å². The number of hydrogen-bond acceptors (Lipinski definition) is 4. The maximum Gasteiger partial charge on any atom is 0.295 e. The number of rotatable bonds is 3. The zero-order chi connectivity index (χ0) is 15.0. The second-order valence-corrected chi connectivity index (χ2v) is 6.03. The van der Waals surface area contributed by atoms with Crippen LogP contribution in [-0.2, 0) is 17.1 Å². The second-order valence-electron chi connectivity index (χ2n) is 4.45. The van der Waals surface area contributed by atoms with Crippen LogP contribution in [0.1, 0.15) is 0 Å². The van der Waals surface area contributed by atoms with Gasteiger partial charge in [0.25, 0.3) is 10.0 Å². The van der Waals surface area contributed by atoms with Gasteiger partial charge in [-0.1, -0.05) is 6.07 Å². The molecule has 0 atom stereocenters. The van der Waals surface area contributed by atoms with E-state index in [2.05, 4.69) is 14.7 Å². The highest BCUT2D eigenvalue weighted by Gasteiger charge is 2.20. The van der Waals surface area contributed by atoms with Crippen molar-refractivity contribution in [3.63, 3.8) is 0 Å². The Morgan fingerprint density at radius 2 is 2.05 bits per heavy atom. The van der Waals surface area contributed by atoms with Gasteiger partial charge in [-0.3, -0.25) is 9.71 Å². The molecule has 0 aliphatic rings. The van der Waals surface area contributed by atoms with Gasteiger partial charge in [0.05, 0.1) is 11.2 Å². The molecule has 0 aliphatic heterocycles. The van der Waals surface area contributed by atoms with Crippen LogP contribution in [0.5, 0.6) is 0 Å². The predicted molar refractivity (Wildman–Crippen MR) is 75.7 cm³/mol. The normalized spacial score (nSPS) is 11.7. The van der Waals surface area contributed by atoms with Gasteiger partial charge >= 0.3 is 0 Å². The Balaban J connectivity index is 2.12. The van der Waals surface area contributed by atoms with E-state index in [0.717, 1.165) is 6.07 Å². The minimum atomic E-state index is -3.91. The lowest BCUT2D eigenvalue weighted by atomic mass is 10.2. The first-order chi connectivity index (χ1) is 9.97. The zero-order valence-electron chi connectivity index (χ0n) is 11.0. The highest BCUT2D eigenvalue weighted by molar-refractivity contribution is 7.92. The number of imidazole rings is 1. The van der Waals surface area contributed by atoms with E-state index in [-0.39, 0.29) is 10.8 Å². The molecule has 0 spiro atoms. The van der Waals surface area contributed by atoms with E-state index in [0.29, 0.717) is 10.9 Å². The van der Waals surface area contributed by atoms with Crippen LogP contribution in [0, 0.1) is 5.82 Å². The molecule has 2 heterocycles. The molecule has 21 heavy (non-hydrogen) atoms. The molecule has 0 amide bonds. The number of nitrogens with one attached hydrogen (secondary N) is 1. The Morgan fingerprint density at radius 3 is 2.76 bits per heavy atom. The molecule has 0 aliphatic carbocycles. The smallest absolute Gasteiger partial charge is 0.295 e. The van der Waals surface area contributed by atoms with Gasteiger partial charge in [0.2, 0.25) is 5.16 Å². The first-order valence-corrected chi connectivity index (χ1v) is 7.50. The zero-order valence-corrected chi connectivity index (χ0v) is 11.8. The summed E-state index contributed by atoms with van der Waals surface area (Å²) in [7, 11) is -2.35. The number of benzene rings is 1. The van der Waals surface area contributed by atoms with Gasteiger partial charge in [0.1, 0.15) is 5.82 Å². The number of sulfonamides is 1. The van der Waals surface area contributed by atoms with Crippen molar-refractivity contribution in [3.05, 3.63) is 48.7 Å². The minimum absolute atomic E-state index is 0.0774. The molecule has 1 aromatic carbocycles. The number of fused-ring (bicyclic) bond motifs is 1. The van der Waals surface area contributed by atoms with Crippen LogP contribution in [0.3, 0.4) is 0 Å². The first-order valence-electron chi connectivity index (χ1n) is 6.02. The van der Waals surface area contributed by atoms with E-state index in [1.54, 1.807) is 19.2 Å². The fraction of sp³-hybridized carbons (Fsp3) is 0.0769. The van der Waals surface area contributed by atoms with Crippen LogP contribution in [-0.4, -0.2) is 23.0 Å². The van der Waals surface area contributed by atoms with Crippen molar-refractivity contribution in [1.29, 1.82) is 0 Å². The van der Waals surface area contributed by atoms with Gasteiger partial charge in [-0.15, -0.1) is 0 Å². The Morgan fingerprint density at radius 1 is 1.24 bits per heavy atom. The Hall–Kier alpha value is -2.48. The van der Waals surface area contributed by atoms with E-state index >= 15 is 0 Å². The maximum atomic E-state index is 13.6. The van der Waals surface area contributed by atoms with Crippen molar-refractivity contribution in [2.75, 3.05) is 4.72 Å². The lowest BCUT2D eigenvalue weighted by molar-refractivity contribution is 0.584. The van der Waals surface area contributed by atoms with Crippen molar-refractivity contribution >= 4 is 26.6 Å². The van der Waals surface area contributed by atoms with Crippen LogP contribution in [0.15, 0.2) is 48.0 Å². The number of anilines is 1. The first kappa shape index (κ1) is 13.5. The van der Waals surface area contributed by atoms with Crippen molar-refractivity contribution in [2.45, 2.75) is 5.16 Å². The number of pyridine rings is 1. The van der Waals surface area contributed by atoms with E-state index < -0.39 is 15.8 Å². The summed E-state index contributed by atoms with van der Waals surface area (Å²) in [6.45, 7) is 0. The highest BCUT2D eigenvalue weighted by Crippen LogP contribution is 2.25. The Labute approximate surface area is 120 Å². The third kappa shape index (κ3) is 2.45. The third-order valence-corrected chi connectivity index (χ3v) is 4.29. The van der Waals surface area contributed by atoms with Crippen LogP contribution < -0.4 is 4.72 Å². The molecule has 0 unspecified atom stereocenters. The van der Waals surface area contributed by atoms with Gasteiger partial charge in [-0.05, 0) is 12.1 Å². The molecule has 0 radical (unpaired) electrons. The summed E-state index contributed by atoms with van der Waals surface area (Å²) in [4.78, 5) is 7.87. The highest BCUT2D eigenvalue weighted by atomic mass is 32.2. The van der Waals surface area contributed by atoms with Crippen LogP contribution in [0.25, 0.3) is 10.9 Å². The molecule has 8 heteroatoms. The number of nitrogens with zero attached hydrogens (tertiary/aromatic N) is 3. The second kappa shape index (κ2) is 4.81. The summed E-state index contributed by atoms with van der Waals surface area (Å²) in [5.41, 5.74) is 0.449. The van der Waals surface area contributed by atoms with Gasteiger partial charge < -0.3 is 4.57 Å². The lowest BCUT2D eigenvalue weighted by Gasteiger charge is -2.10. The number of halogens is 1. The standard InChI is InChI=1S/C13H11FN4O2S/c1-18-6-5-16-13(18)21(19,20)17-11-8-10(14)7-9-3-2-4-15-12(9)11/h2-8,17H,1H3. The van der Waals surface area contributed by atoms with Crippen molar-refractivity contribution in [1.82, 2.24) is 14.5 Å². The SMILES string of the molecule is Cn1ccnc1S(=O)(=O)Nc1cc(F)cc2cccnc12. The fourth-order valence-corrected chi connectivity index (χ4v) is 3.21. The van der Waals surface area contributed by atoms with E-state index in [1.165, 1.54) is 29.2 Å². The summed E-state index contributed by atoms with van der Waals surface area (Å²) in [5.74, 6) is -0.548. The Kier molecular flexibility index (Phi) is 3.09. The van der Waals surface area contributed by atoms with E-state index in [9.17, 15) is 12.8 Å². The van der Waals surface area contributed by atoms with Gasteiger partial charge in [-0.2, -0.15) is 8.42 Å². The Bertz CT molecular complexity index is 921. The van der Waals surface area contributed by atoms with Crippen molar-refractivity contribution in [2.24, 2.45) is 7.05 Å². The molecule has 0 saturated heterocycles. The van der Waals surface area contributed by atoms with Crippen LogP contribution in [0.4, 0.5) is 10.1 Å². The largest absolute Gasteiger partial charge is 0.323 e. The summed E-state index contributed by atoms with van der Waals surface area (Å²) < 4.78 is 41.9. The fourth-order valence-electron chi connectivity index (χ4n) is 2.03. The number of hydrogen-bond donors (Lipinski definition) is 1. The van der Waals surface area contributed by atoms with Crippen molar-refractivity contribution < 1.29 is 12.8 Å². The van der Waals surface area contributed by atoms with Gasteiger partial charge in [-0.25, -0.2) is 9.37 Å². The third-order valence-electron chi connectivity index (χ3n) is 2.93. The average molecular weight is 306 g/mol. The summed E-state index contributed by atoms with van der Waals surface area (Å²) in [5, 5.41) is 0.353. The molecule has 0 bridgehead atoms. The molecular formula is C13H11FN4O2S. The molecule has 108 valence electrons. The molecule has 1 N–H and O–H groups in total. The van der Waals surface area contributed by atoms with Crippen molar-refractivity contribution in [3.8, 4) is 0 Å². The predicted octanol–water partition coefficient (Wildman–Crippen LogP) is 1.91. The quantitative estimate of drug-likeness (QED) is 0.802. The molecular weight excluding hydrogens is 295 g/mol. The summed E-state index contributed by atoms with van der Waals surface area (Å²) >= 11 is 0. The number of aromatic nitrogens is 3. The minimum Gasteiger partial charge on any atom is -0.323 e. The molecule has 3 aromatic rings. The monoisotopic (exact) mass is 306 g/mol. The molecule has 0 fully saturated rings. The molecule has 2 aromatic heterocycles. The van der Waals surface area contributed by atoms with Crippen LogP contribution in [0.2, 0.25) is 0 Å². The number of aryl methyl sites for hydroxylation is 1. The van der Waals surface area contributed by atoms with E-state index in [4.69, 9.17) is 0 Å². The average Bonchev–Trinajstić information content (AvgIpc) is 2.85. The van der Waals surface area contributed by atoms with Crippen LogP contribution >= 0.6 is 0 Å². The molecule has 0 saturated carbocycles. The summed E-state index contributed by atoms with van der Waals surface area (Å²) in [6, 6.07) is 5.69. The topological polar surface area (TPSA) is 76.9 Å². The van der Waals surface area contributed by atoms with Gasteiger partial charge in [0.15, 0.2) is 0 Å². The maximum absolute atomic E-state index is 13.6. The molecule has 6 nitrogen and oxygen atoms in total. The lowest BCUT2D eigenvalue weighted by Crippen LogP contribution is -2.17.